The minimum atomic E-state index is -0.000738. The molecule has 1 aromatic carbocycles. The van der Waals surface area contributed by atoms with Crippen LogP contribution in [-0.2, 0) is 17.8 Å². The van der Waals surface area contributed by atoms with Gasteiger partial charge in [0, 0.05) is 5.56 Å². The van der Waals surface area contributed by atoms with E-state index in [0.29, 0.717) is 17.2 Å². The van der Waals surface area contributed by atoms with Crippen LogP contribution in [-0.4, -0.2) is 12.4 Å². The second kappa shape index (κ2) is 4.33. The van der Waals surface area contributed by atoms with Crippen molar-refractivity contribution < 1.29 is 9.53 Å². The van der Waals surface area contributed by atoms with Crippen molar-refractivity contribution in [2.75, 3.05) is 6.61 Å². The molecule has 0 fully saturated rings. The van der Waals surface area contributed by atoms with Gasteiger partial charge in [0.2, 0.25) is 0 Å². The molecule has 1 aromatic rings. The molecule has 0 bridgehead atoms. The van der Waals surface area contributed by atoms with E-state index in [9.17, 15) is 4.79 Å². The Morgan fingerprint density at radius 2 is 2.20 bits per heavy atom. The highest BCUT2D eigenvalue weighted by Crippen LogP contribution is 2.28. The van der Waals surface area contributed by atoms with E-state index in [1.54, 1.807) is 0 Å². The summed E-state index contributed by atoms with van der Waals surface area (Å²) in [5.41, 5.74) is 2.85. The molecule has 0 saturated carbocycles. The van der Waals surface area contributed by atoms with Crippen LogP contribution in [0.2, 0.25) is 5.02 Å². The monoisotopic (exact) mass is 224 g/mol. The van der Waals surface area contributed by atoms with E-state index in [0.717, 1.165) is 18.4 Å². The molecule has 3 heteroatoms. The molecule has 0 aromatic heterocycles. The second-order valence-electron chi connectivity index (χ2n) is 3.73. The third-order valence-electron chi connectivity index (χ3n) is 2.64. The molecule has 0 radical (unpaired) electrons. The predicted octanol–water partition coefficient (Wildman–Crippen LogP) is 3.01. The van der Waals surface area contributed by atoms with Gasteiger partial charge in [0.15, 0.2) is 5.78 Å². The summed E-state index contributed by atoms with van der Waals surface area (Å²) in [7, 11) is 0. The second-order valence-corrected chi connectivity index (χ2v) is 4.13. The normalized spacial score (nSPS) is 15.2. The Balaban J connectivity index is 2.53. The first kappa shape index (κ1) is 10.7. The van der Waals surface area contributed by atoms with Crippen molar-refractivity contribution in [2.24, 2.45) is 0 Å². The Labute approximate surface area is 94.2 Å². The van der Waals surface area contributed by atoms with E-state index in [-0.39, 0.29) is 12.4 Å². The fourth-order valence-corrected chi connectivity index (χ4v) is 2.23. The first-order valence-corrected chi connectivity index (χ1v) is 5.53. The smallest absolute Gasteiger partial charge is 0.190 e. The summed E-state index contributed by atoms with van der Waals surface area (Å²) in [5.74, 6) is -0.000738. The number of benzene rings is 1. The van der Waals surface area contributed by atoms with E-state index in [4.69, 9.17) is 16.3 Å². The van der Waals surface area contributed by atoms with Gasteiger partial charge in [-0.05, 0) is 23.6 Å². The molecular weight excluding hydrogens is 212 g/mol. The summed E-state index contributed by atoms with van der Waals surface area (Å²) in [6.07, 6.45) is 2.03. The van der Waals surface area contributed by atoms with Crippen molar-refractivity contribution in [2.45, 2.75) is 26.4 Å². The van der Waals surface area contributed by atoms with Crippen LogP contribution in [0.1, 0.15) is 34.8 Å². The van der Waals surface area contributed by atoms with Gasteiger partial charge in [0.1, 0.15) is 6.61 Å². The summed E-state index contributed by atoms with van der Waals surface area (Å²) in [6.45, 7) is 2.78. The molecule has 0 aliphatic carbocycles. The van der Waals surface area contributed by atoms with Crippen LogP contribution in [0.4, 0.5) is 0 Å². The van der Waals surface area contributed by atoms with Crippen molar-refractivity contribution >= 4 is 17.4 Å². The van der Waals surface area contributed by atoms with Gasteiger partial charge in [-0.2, -0.15) is 0 Å². The number of carbonyl (C=O) groups is 1. The van der Waals surface area contributed by atoms with Gasteiger partial charge in [-0.3, -0.25) is 4.79 Å². The van der Waals surface area contributed by atoms with Crippen LogP contribution in [0.3, 0.4) is 0 Å². The summed E-state index contributed by atoms with van der Waals surface area (Å²) in [5, 5.41) is 0.554. The zero-order valence-corrected chi connectivity index (χ0v) is 9.43. The van der Waals surface area contributed by atoms with Crippen molar-refractivity contribution in [1.82, 2.24) is 0 Å². The molecule has 0 spiro atoms. The molecule has 1 aliphatic heterocycles. The first-order chi connectivity index (χ1) is 7.24. The largest absolute Gasteiger partial charge is 0.369 e. The Morgan fingerprint density at radius 1 is 1.40 bits per heavy atom. The topological polar surface area (TPSA) is 26.3 Å². The number of ether oxygens (including phenoxy) is 1. The SMILES string of the molecule is CCCc1ccc(Cl)c2c1COCC2=O. The average Bonchev–Trinajstić information content (AvgIpc) is 2.22. The summed E-state index contributed by atoms with van der Waals surface area (Å²) < 4.78 is 5.24. The zero-order chi connectivity index (χ0) is 10.8. The summed E-state index contributed by atoms with van der Waals surface area (Å²) in [4.78, 5) is 11.7. The fourth-order valence-electron chi connectivity index (χ4n) is 1.95. The molecule has 2 rings (SSSR count). The number of Topliss-reactive ketones (excluding diaryl/α,β-unsaturated/α-hetero) is 1. The van der Waals surface area contributed by atoms with Crippen LogP contribution in [0, 0.1) is 0 Å². The number of halogens is 1. The van der Waals surface area contributed by atoms with Crippen molar-refractivity contribution in [1.29, 1.82) is 0 Å². The van der Waals surface area contributed by atoms with E-state index < -0.39 is 0 Å². The van der Waals surface area contributed by atoms with E-state index in [2.05, 4.69) is 6.92 Å². The maximum Gasteiger partial charge on any atom is 0.190 e. The molecular formula is C12H13ClO2. The highest BCUT2D eigenvalue weighted by Gasteiger charge is 2.22. The van der Waals surface area contributed by atoms with Gasteiger partial charge in [-0.25, -0.2) is 0 Å². The quantitative estimate of drug-likeness (QED) is 0.772. The number of fused-ring (bicyclic) bond motifs is 1. The molecule has 1 aliphatic rings. The highest BCUT2D eigenvalue weighted by atomic mass is 35.5. The van der Waals surface area contributed by atoms with Gasteiger partial charge in [-0.15, -0.1) is 0 Å². The van der Waals surface area contributed by atoms with Crippen molar-refractivity contribution in [3.8, 4) is 0 Å². The molecule has 2 nitrogen and oxygen atoms in total. The molecule has 0 atom stereocenters. The number of aryl methyl sites for hydroxylation is 1. The highest BCUT2D eigenvalue weighted by molar-refractivity contribution is 6.34. The molecule has 0 saturated heterocycles. The number of rotatable bonds is 2. The van der Waals surface area contributed by atoms with Crippen LogP contribution in [0.15, 0.2) is 12.1 Å². The van der Waals surface area contributed by atoms with Gasteiger partial charge >= 0.3 is 0 Å². The molecule has 0 amide bonds. The Kier molecular flexibility index (Phi) is 3.08. The maximum atomic E-state index is 11.7. The van der Waals surface area contributed by atoms with Crippen LogP contribution in [0.25, 0.3) is 0 Å². The van der Waals surface area contributed by atoms with Gasteiger partial charge in [0.05, 0.1) is 11.6 Å². The number of carbonyl (C=O) groups excluding carboxylic acids is 1. The predicted molar refractivity (Wildman–Crippen MR) is 59.4 cm³/mol. The molecule has 1 heterocycles. The van der Waals surface area contributed by atoms with Gasteiger partial charge in [-0.1, -0.05) is 31.0 Å². The fraction of sp³-hybridized carbons (Fsp3) is 0.417. The van der Waals surface area contributed by atoms with E-state index in [1.165, 1.54) is 5.56 Å². The van der Waals surface area contributed by atoms with Crippen LogP contribution in [0.5, 0.6) is 0 Å². The Morgan fingerprint density at radius 3 is 2.93 bits per heavy atom. The first-order valence-electron chi connectivity index (χ1n) is 5.15. The molecule has 0 N–H and O–H groups in total. The Bertz CT molecular complexity index is 399. The van der Waals surface area contributed by atoms with Crippen molar-refractivity contribution in [3.05, 3.63) is 33.8 Å². The zero-order valence-electron chi connectivity index (χ0n) is 8.68. The Hall–Kier alpha value is -0.860. The third kappa shape index (κ3) is 1.92. The minimum absolute atomic E-state index is 0.000738. The van der Waals surface area contributed by atoms with Gasteiger partial charge < -0.3 is 4.74 Å². The number of hydrogen-bond acceptors (Lipinski definition) is 2. The summed E-state index contributed by atoms with van der Waals surface area (Å²) >= 11 is 6.03. The average molecular weight is 225 g/mol. The molecule has 15 heavy (non-hydrogen) atoms. The lowest BCUT2D eigenvalue weighted by Gasteiger charge is -2.19. The lowest BCUT2D eigenvalue weighted by Crippen LogP contribution is -2.20. The lowest BCUT2D eigenvalue weighted by molar-refractivity contribution is 0.0663. The maximum absolute atomic E-state index is 11.7. The van der Waals surface area contributed by atoms with E-state index >= 15 is 0 Å². The number of hydrogen-bond donors (Lipinski definition) is 0. The lowest BCUT2D eigenvalue weighted by atomic mass is 9.94. The van der Waals surface area contributed by atoms with Gasteiger partial charge in [0.25, 0.3) is 0 Å². The van der Waals surface area contributed by atoms with Crippen LogP contribution < -0.4 is 0 Å². The minimum Gasteiger partial charge on any atom is -0.369 e. The van der Waals surface area contributed by atoms with Crippen LogP contribution >= 0.6 is 11.6 Å². The molecule has 80 valence electrons. The van der Waals surface area contributed by atoms with Crippen molar-refractivity contribution in [3.63, 3.8) is 0 Å². The third-order valence-corrected chi connectivity index (χ3v) is 2.95. The standard InChI is InChI=1S/C12H13ClO2/c1-2-3-8-4-5-10(13)12-9(8)6-15-7-11(12)14/h4-5H,2-3,6-7H2,1H3. The van der Waals surface area contributed by atoms with E-state index in [1.807, 2.05) is 12.1 Å². The summed E-state index contributed by atoms with van der Waals surface area (Å²) in [6, 6.07) is 3.81. The number of ketones is 1. The molecule has 0 unspecified atom stereocenters.